The summed E-state index contributed by atoms with van der Waals surface area (Å²) in [5, 5.41) is 2.83. The minimum Gasteiger partial charge on any atom is -0.373 e. The molecule has 0 bridgehead atoms. The highest BCUT2D eigenvalue weighted by Crippen LogP contribution is 2.37. The molecule has 2 aromatic carbocycles. The number of carbonyl (C=O) groups is 2. The van der Waals surface area contributed by atoms with Crippen molar-refractivity contribution in [2.45, 2.75) is 25.6 Å². The van der Waals surface area contributed by atoms with Gasteiger partial charge in [0.2, 0.25) is 5.91 Å². The lowest BCUT2D eigenvalue weighted by atomic mass is 10.1. The predicted molar refractivity (Wildman–Crippen MR) is 92.2 cm³/mol. The molecule has 0 unspecified atom stereocenters. The minimum absolute atomic E-state index is 0.101. The second-order valence-electron chi connectivity index (χ2n) is 6.00. The number of imide groups is 1. The molecular weight excluding hydrogens is 369 g/mol. The average Bonchev–Trinajstić information content (AvgIpc) is 2.83. The van der Waals surface area contributed by atoms with Gasteiger partial charge in [-0.2, -0.15) is 13.2 Å². The van der Waals surface area contributed by atoms with Crippen molar-refractivity contribution in [2.24, 2.45) is 0 Å². The number of hydrogen-bond acceptors (Lipinski definition) is 3. The second kappa shape index (κ2) is 6.64. The molecule has 1 atom stereocenters. The molecule has 1 fully saturated rings. The molecule has 136 valence electrons. The number of hydrogen-bond donors (Lipinski definition) is 1. The number of nitrogens with zero attached hydrogens (tertiary/aromatic N) is 1. The van der Waals surface area contributed by atoms with Gasteiger partial charge < -0.3 is 5.32 Å². The first kappa shape index (κ1) is 18.3. The van der Waals surface area contributed by atoms with Crippen LogP contribution in [-0.2, 0) is 15.8 Å². The zero-order chi connectivity index (χ0) is 19.1. The van der Waals surface area contributed by atoms with Gasteiger partial charge in [0.25, 0.3) is 5.91 Å². The number of aryl methyl sites for hydroxylation is 1. The lowest BCUT2D eigenvalue weighted by Crippen LogP contribution is -2.35. The fourth-order valence-electron chi connectivity index (χ4n) is 2.71. The summed E-state index contributed by atoms with van der Waals surface area (Å²) in [6, 6.07) is 8.87. The normalized spacial score (nSPS) is 17.7. The first-order chi connectivity index (χ1) is 12.2. The summed E-state index contributed by atoms with van der Waals surface area (Å²) in [5.74, 6) is -1.25. The van der Waals surface area contributed by atoms with Gasteiger partial charge in [-0.25, -0.2) is 4.90 Å². The van der Waals surface area contributed by atoms with Crippen LogP contribution in [0.25, 0.3) is 0 Å². The van der Waals surface area contributed by atoms with E-state index in [1.165, 1.54) is 0 Å². The Kier molecular flexibility index (Phi) is 4.66. The van der Waals surface area contributed by atoms with Crippen LogP contribution in [-0.4, -0.2) is 17.9 Å². The predicted octanol–water partition coefficient (Wildman–Crippen LogP) is 4.41. The van der Waals surface area contributed by atoms with E-state index in [1.54, 1.807) is 12.1 Å². The number of alkyl halides is 3. The summed E-state index contributed by atoms with van der Waals surface area (Å²) in [6.45, 7) is 1.91. The Bertz CT molecular complexity index is 866. The molecule has 2 aromatic rings. The Morgan fingerprint density at radius 3 is 2.38 bits per heavy atom. The molecule has 2 amide bonds. The van der Waals surface area contributed by atoms with Crippen LogP contribution in [0.15, 0.2) is 42.5 Å². The molecule has 8 heteroatoms. The van der Waals surface area contributed by atoms with Crippen molar-refractivity contribution in [3.05, 3.63) is 58.6 Å². The summed E-state index contributed by atoms with van der Waals surface area (Å²) in [5.41, 5.74) is 0.428. The molecule has 0 aliphatic carbocycles. The topological polar surface area (TPSA) is 49.4 Å². The van der Waals surface area contributed by atoms with Crippen molar-refractivity contribution in [2.75, 3.05) is 10.2 Å². The first-order valence-corrected chi connectivity index (χ1v) is 8.11. The van der Waals surface area contributed by atoms with Crippen LogP contribution in [0.1, 0.15) is 17.5 Å². The van der Waals surface area contributed by atoms with E-state index in [4.69, 9.17) is 11.6 Å². The van der Waals surface area contributed by atoms with E-state index in [9.17, 15) is 22.8 Å². The molecule has 0 spiro atoms. The summed E-state index contributed by atoms with van der Waals surface area (Å²) in [4.78, 5) is 25.6. The first-order valence-electron chi connectivity index (χ1n) is 7.73. The van der Waals surface area contributed by atoms with Gasteiger partial charge in [-0.05, 0) is 37.3 Å². The maximum absolute atomic E-state index is 12.9. The van der Waals surface area contributed by atoms with Gasteiger partial charge in [0.15, 0.2) is 0 Å². The molecule has 0 saturated carbocycles. The van der Waals surface area contributed by atoms with E-state index >= 15 is 0 Å². The van der Waals surface area contributed by atoms with Crippen molar-refractivity contribution < 1.29 is 22.8 Å². The van der Waals surface area contributed by atoms with E-state index in [0.29, 0.717) is 16.7 Å². The standard InChI is InChI=1S/C18H14ClF3N2O2/c1-10-2-5-12(6-3-10)23-14-9-16(25)24(17(14)26)15-8-11(18(20,21)22)4-7-13(15)19/h2-8,14,23H,9H2,1H3/t14-/m1/s1. The fraction of sp³-hybridized carbons (Fsp3) is 0.222. The zero-order valence-electron chi connectivity index (χ0n) is 13.6. The van der Waals surface area contributed by atoms with Gasteiger partial charge in [0.05, 0.1) is 22.7 Å². The van der Waals surface area contributed by atoms with Gasteiger partial charge in [0, 0.05) is 5.69 Å². The minimum atomic E-state index is -4.61. The van der Waals surface area contributed by atoms with Crippen LogP contribution in [0.5, 0.6) is 0 Å². The Labute approximate surface area is 152 Å². The largest absolute Gasteiger partial charge is 0.416 e. The molecule has 0 radical (unpaired) electrons. The van der Waals surface area contributed by atoms with E-state index in [-0.39, 0.29) is 17.1 Å². The second-order valence-corrected chi connectivity index (χ2v) is 6.41. The maximum Gasteiger partial charge on any atom is 0.416 e. The van der Waals surface area contributed by atoms with Crippen LogP contribution >= 0.6 is 11.6 Å². The summed E-state index contributed by atoms with van der Waals surface area (Å²) in [6.07, 6.45) is -4.77. The van der Waals surface area contributed by atoms with Crippen molar-refractivity contribution in [1.82, 2.24) is 0 Å². The smallest absolute Gasteiger partial charge is 0.373 e. The van der Waals surface area contributed by atoms with Crippen molar-refractivity contribution in [3.63, 3.8) is 0 Å². The number of benzene rings is 2. The van der Waals surface area contributed by atoms with Crippen LogP contribution in [0.3, 0.4) is 0 Å². The molecular formula is C18H14ClF3N2O2. The van der Waals surface area contributed by atoms with Gasteiger partial charge in [-0.1, -0.05) is 29.3 Å². The maximum atomic E-state index is 12.9. The summed E-state index contributed by atoms with van der Waals surface area (Å²) in [7, 11) is 0. The summed E-state index contributed by atoms with van der Waals surface area (Å²) < 4.78 is 38.8. The van der Waals surface area contributed by atoms with Crippen LogP contribution < -0.4 is 10.2 Å². The van der Waals surface area contributed by atoms with Crippen molar-refractivity contribution >= 4 is 34.8 Å². The Morgan fingerprint density at radius 2 is 1.77 bits per heavy atom. The quantitative estimate of drug-likeness (QED) is 0.800. The molecule has 4 nitrogen and oxygen atoms in total. The number of anilines is 2. The van der Waals surface area contributed by atoms with Gasteiger partial charge in [-0.3, -0.25) is 9.59 Å². The molecule has 1 aliphatic heterocycles. The third kappa shape index (κ3) is 3.53. The van der Waals surface area contributed by atoms with Crippen molar-refractivity contribution in [3.8, 4) is 0 Å². The van der Waals surface area contributed by atoms with Gasteiger partial charge >= 0.3 is 6.18 Å². The monoisotopic (exact) mass is 382 g/mol. The molecule has 1 N–H and O–H groups in total. The number of amides is 2. The van der Waals surface area contributed by atoms with E-state index in [1.807, 2.05) is 19.1 Å². The SMILES string of the molecule is Cc1ccc(N[C@@H]2CC(=O)N(c3cc(C(F)(F)F)ccc3Cl)C2=O)cc1. The lowest BCUT2D eigenvalue weighted by molar-refractivity contribution is -0.137. The molecule has 1 aliphatic rings. The van der Waals surface area contributed by atoms with Crippen LogP contribution in [0.2, 0.25) is 5.02 Å². The average molecular weight is 383 g/mol. The highest BCUT2D eigenvalue weighted by Gasteiger charge is 2.41. The Morgan fingerprint density at radius 1 is 1.12 bits per heavy atom. The lowest BCUT2D eigenvalue weighted by Gasteiger charge is -2.19. The fourth-order valence-corrected chi connectivity index (χ4v) is 2.91. The molecule has 3 rings (SSSR count). The summed E-state index contributed by atoms with van der Waals surface area (Å²) >= 11 is 5.95. The highest BCUT2D eigenvalue weighted by atomic mass is 35.5. The van der Waals surface area contributed by atoms with Crippen LogP contribution in [0, 0.1) is 6.92 Å². The third-order valence-electron chi connectivity index (χ3n) is 4.05. The Hall–Kier alpha value is -2.54. The van der Waals surface area contributed by atoms with E-state index in [0.717, 1.165) is 17.7 Å². The number of nitrogens with one attached hydrogen (secondary N) is 1. The highest BCUT2D eigenvalue weighted by molar-refractivity contribution is 6.36. The zero-order valence-corrected chi connectivity index (χ0v) is 14.4. The van der Waals surface area contributed by atoms with E-state index in [2.05, 4.69) is 5.32 Å². The van der Waals surface area contributed by atoms with Crippen molar-refractivity contribution in [1.29, 1.82) is 0 Å². The third-order valence-corrected chi connectivity index (χ3v) is 4.37. The van der Waals surface area contributed by atoms with Gasteiger partial charge in [0.1, 0.15) is 6.04 Å². The van der Waals surface area contributed by atoms with E-state index < -0.39 is 29.6 Å². The molecule has 26 heavy (non-hydrogen) atoms. The molecule has 1 heterocycles. The van der Waals surface area contributed by atoms with Crippen LogP contribution in [0.4, 0.5) is 24.5 Å². The Balaban J connectivity index is 1.88. The number of halogens is 4. The molecule has 1 saturated heterocycles. The molecule has 0 aromatic heterocycles. The number of rotatable bonds is 3. The number of carbonyl (C=O) groups excluding carboxylic acids is 2. The van der Waals surface area contributed by atoms with Gasteiger partial charge in [-0.15, -0.1) is 0 Å².